The van der Waals surface area contributed by atoms with Gasteiger partial charge in [0.15, 0.2) is 22.9 Å². The van der Waals surface area contributed by atoms with E-state index in [1.54, 1.807) is 33.8 Å². The van der Waals surface area contributed by atoms with Crippen molar-refractivity contribution < 1.29 is 43.2 Å². The predicted molar refractivity (Wildman–Crippen MR) is 97.6 cm³/mol. The Morgan fingerprint density at radius 3 is 2.53 bits per heavy atom. The first-order chi connectivity index (χ1) is 13.9. The molecule has 1 spiro atoms. The summed E-state index contributed by atoms with van der Waals surface area (Å²) in [4.78, 5) is 38.1. The summed E-state index contributed by atoms with van der Waals surface area (Å²) in [6.07, 6.45) is -0.643. The fourth-order valence-electron chi connectivity index (χ4n) is 6.65. The molecule has 5 aliphatic rings. The first-order valence-electron chi connectivity index (χ1n) is 10.2. The molecular formula is C21H26O9. The SMILES string of the molecule is CC(=O)O[C@H]([C@H]1COC(C)(C)O1)[C@]12C(=O)O[C@H]3C[C@](C)(O)[C@H]([C@H]31)[C@@]21C=C(C)C(=O)O1. The average molecular weight is 422 g/mol. The number of carbonyl (C=O) groups is 3. The highest BCUT2D eigenvalue weighted by Gasteiger charge is 2.92. The Kier molecular flexibility index (Phi) is 3.75. The zero-order valence-corrected chi connectivity index (χ0v) is 17.6. The molecule has 0 aromatic heterocycles. The molecule has 3 heterocycles. The van der Waals surface area contributed by atoms with Crippen molar-refractivity contribution in [3.63, 3.8) is 0 Å². The molecule has 164 valence electrons. The molecule has 5 rings (SSSR count). The minimum atomic E-state index is -1.52. The van der Waals surface area contributed by atoms with Crippen molar-refractivity contribution in [3.8, 4) is 0 Å². The fraction of sp³-hybridized carbons (Fsp3) is 0.762. The standard InChI is InChI=1S/C21H26O9/c1-9-6-20(30-16(9)23)14-13-11(7-19(14,5)25)28-17(24)21(13,20)15(27-10(2)22)12-8-26-18(3,4)29-12/h6,11-15,25H,7-8H2,1-5H3/t11-,12+,13-,14-,15+,19-,20-,21-/m0/s1. The number of hydrogen-bond donors (Lipinski definition) is 1. The number of ether oxygens (including phenoxy) is 5. The molecule has 0 bridgehead atoms. The van der Waals surface area contributed by atoms with Crippen molar-refractivity contribution in [3.05, 3.63) is 11.6 Å². The third-order valence-corrected chi connectivity index (χ3v) is 7.40. The largest absolute Gasteiger partial charge is 0.461 e. The van der Waals surface area contributed by atoms with Crippen LogP contribution in [0.3, 0.4) is 0 Å². The summed E-state index contributed by atoms with van der Waals surface area (Å²) < 4.78 is 28.9. The molecule has 9 nitrogen and oxygen atoms in total. The van der Waals surface area contributed by atoms with Crippen molar-refractivity contribution in [2.45, 2.75) is 76.3 Å². The smallest absolute Gasteiger partial charge is 0.334 e. The summed E-state index contributed by atoms with van der Waals surface area (Å²) in [7, 11) is 0. The Hall–Kier alpha value is -1.97. The van der Waals surface area contributed by atoms with Gasteiger partial charge in [-0.15, -0.1) is 0 Å². The van der Waals surface area contributed by atoms with Crippen LogP contribution in [0.1, 0.15) is 41.0 Å². The Labute approximate surface area is 173 Å². The molecule has 3 aliphatic heterocycles. The van der Waals surface area contributed by atoms with Gasteiger partial charge in [0.1, 0.15) is 12.2 Å². The van der Waals surface area contributed by atoms with Crippen LogP contribution in [0.2, 0.25) is 0 Å². The maximum absolute atomic E-state index is 13.5. The minimum Gasteiger partial charge on any atom is -0.461 e. The molecule has 2 saturated carbocycles. The predicted octanol–water partition coefficient (Wildman–Crippen LogP) is 0.624. The van der Waals surface area contributed by atoms with Gasteiger partial charge in [-0.1, -0.05) is 0 Å². The second kappa shape index (κ2) is 5.63. The van der Waals surface area contributed by atoms with E-state index in [9.17, 15) is 19.5 Å². The third kappa shape index (κ3) is 2.15. The molecule has 30 heavy (non-hydrogen) atoms. The van der Waals surface area contributed by atoms with E-state index in [1.165, 1.54) is 6.92 Å². The summed E-state index contributed by atoms with van der Waals surface area (Å²) in [6, 6.07) is 0. The molecule has 2 aliphatic carbocycles. The van der Waals surface area contributed by atoms with Crippen LogP contribution in [-0.4, -0.2) is 64.9 Å². The monoisotopic (exact) mass is 422 g/mol. The van der Waals surface area contributed by atoms with E-state index in [1.807, 2.05) is 0 Å². The number of rotatable bonds is 3. The third-order valence-electron chi connectivity index (χ3n) is 7.40. The number of hydrogen-bond acceptors (Lipinski definition) is 9. The maximum Gasteiger partial charge on any atom is 0.334 e. The van der Waals surface area contributed by atoms with Crippen molar-refractivity contribution in [2.24, 2.45) is 17.3 Å². The molecule has 8 atom stereocenters. The van der Waals surface area contributed by atoms with Crippen molar-refractivity contribution >= 4 is 17.9 Å². The summed E-state index contributed by atoms with van der Waals surface area (Å²) in [6.45, 7) is 8.04. The van der Waals surface area contributed by atoms with Gasteiger partial charge < -0.3 is 28.8 Å². The van der Waals surface area contributed by atoms with Gasteiger partial charge in [0.05, 0.1) is 12.2 Å². The van der Waals surface area contributed by atoms with E-state index >= 15 is 0 Å². The molecule has 4 fully saturated rings. The molecule has 0 unspecified atom stereocenters. The van der Waals surface area contributed by atoms with Gasteiger partial charge in [-0.3, -0.25) is 9.59 Å². The Morgan fingerprint density at radius 2 is 2.00 bits per heavy atom. The minimum absolute atomic E-state index is 0.0884. The van der Waals surface area contributed by atoms with E-state index in [0.717, 1.165) is 0 Å². The Morgan fingerprint density at radius 1 is 1.30 bits per heavy atom. The van der Waals surface area contributed by atoms with Gasteiger partial charge in [0, 0.05) is 30.8 Å². The average Bonchev–Trinajstić information content (AvgIpc) is 3.24. The lowest BCUT2D eigenvalue weighted by molar-refractivity contribution is -0.289. The number of esters is 3. The van der Waals surface area contributed by atoms with E-state index in [4.69, 9.17) is 23.7 Å². The van der Waals surface area contributed by atoms with Gasteiger partial charge in [-0.05, 0) is 33.8 Å². The Balaban J connectivity index is 1.69. The number of carbonyl (C=O) groups excluding carboxylic acids is 3. The van der Waals surface area contributed by atoms with E-state index in [0.29, 0.717) is 5.57 Å². The summed E-state index contributed by atoms with van der Waals surface area (Å²) in [5.41, 5.74) is -3.90. The highest BCUT2D eigenvalue weighted by atomic mass is 16.8. The number of fused-ring (bicyclic) bond motifs is 2. The summed E-state index contributed by atoms with van der Waals surface area (Å²) in [5.74, 6) is -3.79. The lowest BCUT2D eigenvalue weighted by atomic mass is 9.41. The molecule has 0 aromatic carbocycles. The lowest BCUT2D eigenvalue weighted by Gasteiger charge is -2.63. The zero-order valence-electron chi connectivity index (χ0n) is 17.6. The van der Waals surface area contributed by atoms with Gasteiger partial charge in [0.25, 0.3) is 0 Å². The van der Waals surface area contributed by atoms with E-state index in [2.05, 4.69) is 0 Å². The van der Waals surface area contributed by atoms with Crippen LogP contribution in [0, 0.1) is 17.3 Å². The molecular weight excluding hydrogens is 396 g/mol. The van der Waals surface area contributed by atoms with Crippen LogP contribution < -0.4 is 0 Å². The molecule has 2 saturated heterocycles. The second-order valence-corrected chi connectivity index (χ2v) is 9.78. The van der Waals surface area contributed by atoms with Gasteiger partial charge >= 0.3 is 17.9 Å². The van der Waals surface area contributed by atoms with Crippen LogP contribution in [0.5, 0.6) is 0 Å². The van der Waals surface area contributed by atoms with Gasteiger partial charge in [0.2, 0.25) is 0 Å². The highest BCUT2D eigenvalue weighted by molar-refractivity contribution is 5.95. The molecule has 9 heteroatoms. The van der Waals surface area contributed by atoms with E-state index in [-0.39, 0.29) is 13.0 Å². The highest BCUT2D eigenvalue weighted by Crippen LogP contribution is 2.77. The molecule has 1 N–H and O–H groups in total. The fourth-order valence-corrected chi connectivity index (χ4v) is 6.65. The maximum atomic E-state index is 13.5. The lowest BCUT2D eigenvalue weighted by Crippen LogP contribution is -2.79. The van der Waals surface area contributed by atoms with Crippen LogP contribution in [-0.2, 0) is 38.1 Å². The van der Waals surface area contributed by atoms with Crippen molar-refractivity contribution in [1.29, 1.82) is 0 Å². The summed E-state index contributed by atoms with van der Waals surface area (Å²) >= 11 is 0. The van der Waals surface area contributed by atoms with Crippen LogP contribution >= 0.6 is 0 Å². The van der Waals surface area contributed by atoms with Crippen LogP contribution in [0.4, 0.5) is 0 Å². The first kappa shape index (κ1) is 20.0. The Bertz CT molecular complexity index is 889. The molecule has 0 amide bonds. The molecule has 0 radical (unpaired) electrons. The van der Waals surface area contributed by atoms with Crippen LogP contribution in [0.15, 0.2) is 11.6 Å². The quantitative estimate of drug-likeness (QED) is 0.516. The topological polar surface area (TPSA) is 118 Å². The first-order valence-corrected chi connectivity index (χ1v) is 10.2. The van der Waals surface area contributed by atoms with E-state index < -0.39 is 70.5 Å². The zero-order chi connectivity index (χ0) is 21.9. The van der Waals surface area contributed by atoms with Gasteiger partial charge in [-0.2, -0.15) is 0 Å². The van der Waals surface area contributed by atoms with Gasteiger partial charge in [-0.25, -0.2) is 4.79 Å². The summed E-state index contributed by atoms with van der Waals surface area (Å²) in [5, 5.41) is 11.1. The van der Waals surface area contributed by atoms with Crippen LogP contribution in [0.25, 0.3) is 0 Å². The normalized spacial score (nSPS) is 48.7. The number of aliphatic hydroxyl groups is 1. The van der Waals surface area contributed by atoms with Crippen molar-refractivity contribution in [2.75, 3.05) is 6.61 Å². The van der Waals surface area contributed by atoms with Crippen molar-refractivity contribution in [1.82, 2.24) is 0 Å². The second-order valence-electron chi connectivity index (χ2n) is 9.78. The molecule has 0 aromatic rings.